The van der Waals surface area contributed by atoms with Gasteiger partial charge >= 0.3 is 6.18 Å². The lowest BCUT2D eigenvalue weighted by Crippen LogP contribution is -2.30. The maximum absolute atomic E-state index is 13.3. The van der Waals surface area contributed by atoms with Crippen LogP contribution in [0.25, 0.3) is 0 Å². The van der Waals surface area contributed by atoms with Crippen molar-refractivity contribution in [3.8, 4) is 5.75 Å². The van der Waals surface area contributed by atoms with Gasteiger partial charge in [0, 0.05) is 13.0 Å². The molecule has 0 radical (unpaired) electrons. The lowest BCUT2D eigenvalue weighted by atomic mass is 9.93. The molecule has 0 spiro atoms. The van der Waals surface area contributed by atoms with E-state index in [1.807, 2.05) is 30.3 Å². The zero-order valence-electron chi connectivity index (χ0n) is 19.5. The van der Waals surface area contributed by atoms with Crippen molar-refractivity contribution in [3.05, 3.63) is 112 Å². The Balaban J connectivity index is 1.68. The topological polar surface area (TPSA) is 66.8 Å². The molecule has 3 aromatic carbocycles. The summed E-state index contributed by atoms with van der Waals surface area (Å²) in [6, 6.07) is 19.7. The van der Waals surface area contributed by atoms with Crippen molar-refractivity contribution in [1.29, 1.82) is 0 Å². The van der Waals surface area contributed by atoms with E-state index in [1.165, 1.54) is 24.1 Å². The van der Waals surface area contributed by atoms with E-state index in [0.29, 0.717) is 17.7 Å². The number of ketones is 1. The summed E-state index contributed by atoms with van der Waals surface area (Å²) in [4.78, 5) is 27.6. The summed E-state index contributed by atoms with van der Waals surface area (Å²) in [7, 11) is 1.50. The van der Waals surface area contributed by atoms with E-state index < -0.39 is 35.2 Å². The van der Waals surface area contributed by atoms with Gasteiger partial charge in [0.1, 0.15) is 5.75 Å². The molecule has 186 valence electrons. The summed E-state index contributed by atoms with van der Waals surface area (Å²) in [5.41, 5.74) is 0.778. The first-order chi connectivity index (χ1) is 17.2. The monoisotopic (exact) mass is 495 g/mol. The van der Waals surface area contributed by atoms with Crippen LogP contribution in [0.15, 0.2) is 90.2 Å². The quantitative estimate of drug-likeness (QED) is 0.428. The van der Waals surface area contributed by atoms with E-state index >= 15 is 0 Å². The van der Waals surface area contributed by atoms with Crippen LogP contribution in [0, 0.1) is 0 Å². The number of carbonyl (C=O) groups excluding carboxylic acids is 2. The van der Waals surface area contributed by atoms with E-state index in [0.717, 1.165) is 17.7 Å². The molecule has 8 heteroatoms. The molecule has 1 atom stereocenters. The fourth-order valence-electron chi connectivity index (χ4n) is 4.31. The molecule has 5 nitrogen and oxygen atoms in total. The molecule has 0 bridgehead atoms. The number of rotatable bonds is 8. The highest BCUT2D eigenvalue weighted by atomic mass is 19.4. The number of amides is 1. The molecule has 1 heterocycles. The SMILES string of the molecule is COc1ccc(C2C(C(=O)CCc3ccccc3)=C(O)C(=O)N2Cc2cccc(C(F)(F)F)c2)cc1. The van der Waals surface area contributed by atoms with Crippen LogP contribution in [0.4, 0.5) is 13.2 Å². The van der Waals surface area contributed by atoms with Crippen molar-refractivity contribution in [2.45, 2.75) is 31.6 Å². The largest absolute Gasteiger partial charge is 0.503 e. The third-order valence-electron chi connectivity index (χ3n) is 6.13. The summed E-state index contributed by atoms with van der Waals surface area (Å²) >= 11 is 0. The molecular formula is C28H24F3NO4. The van der Waals surface area contributed by atoms with E-state index in [1.54, 1.807) is 24.3 Å². The Labute approximate surface area is 206 Å². The molecule has 0 saturated heterocycles. The zero-order chi connectivity index (χ0) is 25.9. The van der Waals surface area contributed by atoms with Gasteiger partial charge in [-0.3, -0.25) is 9.59 Å². The molecule has 0 aliphatic carbocycles. The predicted molar refractivity (Wildman–Crippen MR) is 127 cm³/mol. The zero-order valence-corrected chi connectivity index (χ0v) is 19.5. The number of alkyl halides is 3. The number of hydrogen-bond acceptors (Lipinski definition) is 4. The van der Waals surface area contributed by atoms with Crippen LogP contribution in [0.2, 0.25) is 0 Å². The van der Waals surface area contributed by atoms with Crippen molar-refractivity contribution in [2.24, 2.45) is 0 Å². The summed E-state index contributed by atoms with van der Waals surface area (Å²) in [6.45, 7) is -0.223. The second kappa shape index (κ2) is 10.3. The molecule has 4 rings (SSSR count). The highest BCUT2D eigenvalue weighted by Gasteiger charge is 2.43. The van der Waals surface area contributed by atoms with Gasteiger partial charge in [-0.25, -0.2) is 0 Å². The van der Waals surface area contributed by atoms with Crippen LogP contribution >= 0.6 is 0 Å². The first kappa shape index (κ1) is 25.0. The number of aliphatic hydroxyl groups excluding tert-OH is 1. The van der Waals surface area contributed by atoms with Crippen molar-refractivity contribution in [3.63, 3.8) is 0 Å². The molecule has 0 aromatic heterocycles. The fraction of sp³-hybridized carbons (Fsp3) is 0.214. The van der Waals surface area contributed by atoms with Crippen LogP contribution in [0.5, 0.6) is 5.75 Å². The molecule has 0 saturated carbocycles. The van der Waals surface area contributed by atoms with E-state index in [2.05, 4.69) is 0 Å². The minimum absolute atomic E-state index is 0.0563. The third-order valence-corrected chi connectivity index (χ3v) is 6.13. The average molecular weight is 495 g/mol. The standard InChI is InChI=1S/C28H24F3NO4/c1-36-22-13-11-20(12-14-22)25-24(23(33)15-10-18-6-3-2-4-7-18)26(34)27(35)32(25)17-19-8-5-9-21(16-19)28(29,30)31/h2-9,11-14,16,25,34H,10,15,17H2,1H3. The van der Waals surface area contributed by atoms with Crippen LogP contribution in [-0.4, -0.2) is 28.8 Å². The Kier molecular flexibility index (Phi) is 7.15. The van der Waals surface area contributed by atoms with Gasteiger partial charge in [-0.1, -0.05) is 54.6 Å². The Bertz CT molecular complexity index is 1280. The molecule has 1 unspecified atom stereocenters. The van der Waals surface area contributed by atoms with Gasteiger partial charge < -0.3 is 14.7 Å². The van der Waals surface area contributed by atoms with Gasteiger partial charge in [0.2, 0.25) is 0 Å². The number of hydrogen-bond donors (Lipinski definition) is 1. The van der Waals surface area contributed by atoms with E-state index in [-0.39, 0.29) is 24.1 Å². The number of methoxy groups -OCH3 is 1. The number of halogens is 3. The van der Waals surface area contributed by atoms with Gasteiger partial charge in [-0.2, -0.15) is 13.2 Å². The van der Waals surface area contributed by atoms with Gasteiger partial charge in [0.25, 0.3) is 5.91 Å². The molecule has 0 fully saturated rings. The average Bonchev–Trinajstić information content (AvgIpc) is 3.12. The van der Waals surface area contributed by atoms with E-state index in [9.17, 15) is 27.9 Å². The maximum Gasteiger partial charge on any atom is 0.416 e. The minimum Gasteiger partial charge on any atom is -0.503 e. The first-order valence-electron chi connectivity index (χ1n) is 11.3. The maximum atomic E-state index is 13.3. The molecule has 3 aromatic rings. The molecule has 1 aliphatic rings. The first-order valence-corrected chi connectivity index (χ1v) is 11.3. The van der Waals surface area contributed by atoms with Crippen molar-refractivity contribution in [2.75, 3.05) is 7.11 Å². The molecule has 1 N–H and O–H groups in total. The van der Waals surface area contributed by atoms with Crippen LogP contribution in [0.3, 0.4) is 0 Å². The van der Waals surface area contributed by atoms with Crippen LogP contribution in [0.1, 0.15) is 34.7 Å². The summed E-state index contributed by atoms with van der Waals surface area (Å²) in [5, 5.41) is 10.8. The van der Waals surface area contributed by atoms with Gasteiger partial charge in [-0.15, -0.1) is 0 Å². The van der Waals surface area contributed by atoms with Gasteiger partial charge in [-0.05, 0) is 47.4 Å². The second-order valence-corrected chi connectivity index (χ2v) is 8.48. The molecule has 1 aliphatic heterocycles. The van der Waals surface area contributed by atoms with Crippen LogP contribution < -0.4 is 4.74 Å². The number of aryl methyl sites for hydroxylation is 1. The van der Waals surface area contributed by atoms with Crippen LogP contribution in [-0.2, 0) is 28.7 Å². The number of nitrogens with zero attached hydrogens (tertiary/aromatic N) is 1. The molecular weight excluding hydrogens is 471 g/mol. The number of aliphatic hydroxyl groups is 1. The molecule has 1 amide bonds. The lowest BCUT2D eigenvalue weighted by molar-refractivity contribution is -0.137. The number of benzene rings is 3. The molecule has 36 heavy (non-hydrogen) atoms. The Morgan fingerprint density at radius 2 is 1.64 bits per heavy atom. The minimum atomic E-state index is -4.54. The number of Topliss-reactive ketones (excluding diaryl/α,β-unsaturated/α-hetero) is 1. The van der Waals surface area contributed by atoms with Crippen molar-refractivity contribution >= 4 is 11.7 Å². The number of carbonyl (C=O) groups is 2. The van der Waals surface area contributed by atoms with Crippen molar-refractivity contribution < 1.29 is 32.6 Å². The summed E-state index contributed by atoms with van der Waals surface area (Å²) in [6.07, 6.45) is -4.08. The Morgan fingerprint density at radius 3 is 2.28 bits per heavy atom. The van der Waals surface area contributed by atoms with Crippen molar-refractivity contribution in [1.82, 2.24) is 4.90 Å². The Morgan fingerprint density at radius 1 is 0.972 bits per heavy atom. The Hall–Kier alpha value is -4.07. The summed E-state index contributed by atoms with van der Waals surface area (Å²) < 4.78 is 44.9. The lowest BCUT2D eigenvalue weighted by Gasteiger charge is -2.27. The van der Waals surface area contributed by atoms with E-state index in [4.69, 9.17) is 4.74 Å². The van der Waals surface area contributed by atoms with Gasteiger partial charge in [0.05, 0.1) is 24.3 Å². The summed E-state index contributed by atoms with van der Waals surface area (Å²) in [5.74, 6) is -1.34. The third kappa shape index (κ3) is 5.27. The highest BCUT2D eigenvalue weighted by Crippen LogP contribution is 2.40. The second-order valence-electron chi connectivity index (χ2n) is 8.48. The fourth-order valence-corrected chi connectivity index (χ4v) is 4.31. The smallest absolute Gasteiger partial charge is 0.416 e. The van der Waals surface area contributed by atoms with Gasteiger partial charge in [0.15, 0.2) is 11.5 Å². The normalized spacial score (nSPS) is 15.9. The number of ether oxygens (including phenoxy) is 1. The predicted octanol–water partition coefficient (Wildman–Crippen LogP) is 5.81. The highest BCUT2D eigenvalue weighted by molar-refractivity contribution is 6.09.